The number of aromatic nitrogens is 3. The fourth-order valence-corrected chi connectivity index (χ4v) is 2.19. The van der Waals surface area contributed by atoms with Crippen LogP contribution < -0.4 is 5.43 Å². The molecule has 7 heteroatoms. The first kappa shape index (κ1) is 11.7. The van der Waals surface area contributed by atoms with Crippen molar-refractivity contribution in [1.82, 2.24) is 19.8 Å². The van der Waals surface area contributed by atoms with Crippen molar-refractivity contribution in [2.24, 2.45) is 0 Å². The lowest BCUT2D eigenvalue weighted by molar-refractivity contribution is -0.118. The minimum Gasteiger partial charge on any atom is -0.292 e. The summed E-state index contributed by atoms with van der Waals surface area (Å²) in [4.78, 5) is 14.8. The molecule has 0 aromatic carbocycles. The van der Waals surface area contributed by atoms with Crippen LogP contribution in [0.1, 0.15) is 4.88 Å². The minimum atomic E-state index is -0.0937. The van der Waals surface area contributed by atoms with Crippen molar-refractivity contribution in [3.05, 3.63) is 35.0 Å². The number of thiophene rings is 1. The van der Waals surface area contributed by atoms with Gasteiger partial charge in [0.25, 0.3) is 5.91 Å². The number of amides is 1. The highest BCUT2D eigenvalue weighted by Crippen LogP contribution is 2.10. The molecule has 0 saturated heterocycles. The molecule has 0 fully saturated rings. The van der Waals surface area contributed by atoms with E-state index < -0.39 is 0 Å². The van der Waals surface area contributed by atoms with E-state index in [1.165, 1.54) is 22.2 Å². The quantitative estimate of drug-likeness (QED) is 0.842. The van der Waals surface area contributed by atoms with E-state index in [4.69, 9.17) is 0 Å². The van der Waals surface area contributed by atoms with Crippen molar-refractivity contribution in [2.45, 2.75) is 6.54 Å². The van der Waals surface area contributed by atoms with E-state index in [-0.39, 0.29) is 5.91 Å². The fourth-order valence-electron chi connectivity index (χ4n) is 1.41. The summed E-state index contributed by atoms with van der Waals surface area (Å²) in [6, 6.07) is 4.06. The molecular formula is C10H13N5OS. The second-order valence-electron chi connectivity index (χ2n) is 3.66. The van der Waals surface area contributed by atoms with Gasteiger partial charge in [0.1, 0.15) is 12.7 Å². The molecule has 0 unspecified atom stereocenters. The first-order valence-electron chi connectivity index (χ1n) is 5.09. The molecule has 2 rings (SSSR count). The zero-order valence-corrected chi connectivity index (χ0v) is 10.2. The van der Waals surface area contributed by atoms with Crippen LogP contribution in [0.15, 0.2) is 30.2 Å². The number of likely N-dealkylation sites (N-methyl/N-ethyl adjacent to an activating group) is 1. The smallest absolute Gasteiger partial charge is 0.253 e. The Kier molecular flexibility index (Phi) is 3.84. The first-order chi connectivity index (χ1) is 8.24. The van der Waals surface area contributed by atoms with Crippen LogP contribution in [0.4, 0.5) is 0 Å². The summed E-state index contributed by atoms with van der Waals surface area (Å²) in [5, 5.41) is 9.23. The average molecular weight is 251 g/mol. The number of hydrogen-bond acceptors (Lipinski definition) is 5. The highest BCUT2D eigenvalue weighted by molar-refractivity contribution is 7.09. The van der Waals surface area contributed by atoms with Crippen molar-refractivity contribution in [2.75, 3.05) is 19.0 Å². The largest absolute Gasteiger partial charge is 0.292 e. The number of rotatable bonds is 5. The third-order valence-corrected chi connectivity index (χ3v) is 2.95. The molecule has 0 aliphatic carbocycles. The van der Waals surface area contributed by atoms with Gasteiger partial charge in [-0.05, 0) is 18.5 Å². The van der Waals surface area contributed by atoms with Gasteiger partial charge in [-0.2, -0.15) is 0 Å². The molecule has 6 nitrogen and oxygen atoms in total. The zero-order chi connectivity index (χ0) is 12.1. The highest BCUT2D eigenvalue weighted by atomic mass is 32.1. The maximum Gasteiger partial charge on any atom is 0.253 e. The van der Waals surface area contributed by atoms with E-state index in [9.17, 15) is 4.79 Å². The molecule has 90 valence electrons. The zero-order valence-electron chi connectivity index (χ0n) is 9.41. The Hall–Kier alpha value is -1.73. The van der Waals surface area contributed by atoms with Gasteiger partial charge in [-0.3, -0.25) is 15.1 Å². The van der Waals surface area contributed by atoms with Crippen molar-refractivity contribution in [3.8, 4) is 0 Å². The second kappa shape index (κ2) is 5.55. The molecule has 0 aliphatic rings. The molecule has 2 aromatic heterocycles. The van der Waals surface area contributed by atoms with Crippen molar-refractivity contribution >= 4 is 17.2 Å². The third-order valence-electron chi connectivity index (χ3n) is 2.09. The Bertz CT molecular complexity index is 453. The predicted molar refractivity (Wildman–Crippen MR) is 65.0 cm³/mol. The van der Waals surface area contributed by atoms with E-state index >= 15 is 0 Å². The number of hydrogen-bond donors (Lipinski definition) is 1. The van der Waals surface area contributed by atoms with Gasteiger partial charge in [-0.1, -0.05) is 6.07 Å². The monoisotopic (exact) mass is 251 g/mol. The van der Waals surface area contributed by atoms with Crippen LogP contribution in [0.25, 0.3) is 0 Å². The molecule has 0 radical (unpaired) electrons. The van der Waals surface area contributed by atoms with Crippen LogP contribution in [0, 0.1) is 0 Å². The lowest BCUT2D eigenvalue weighted by atomic mass is 10.4. The van der Waals surface area contributed by atoms with Gasteiger partial charge in [0.2, 0.25) is 0 Å². The summed E-state index contributed by atoms with van der Waals surface area (Å²) in [6.45, 7) is 1.10. The number of carbonyl (C=O) groups excluding carboxylic acids is 1. The molecule has 0 aliphatic heterocycles. The van der Waals surface area contributed by atoms with E-state index in [2.05, 4.69) is 21.7 Å². The third kappa shape index (κ3) is 3.65. The summed E-state index contributed by atoms with van der Waals surface area (Å²) in [5.41, 5.74) is 2.65. The second-order valence-corrected chi connectivity index (χ2v) is 4.69. The molecule has 0 spiro atoms. The van der Waals surface area contributed by atoms with Gasteiger partial charge in [0, 0.05) is 11.4 Å². The fraction of sp³-hybridized carbons (Fsp3) is 0.300. The molecule has 2 aromatic rings. The minimum absolute atomic E-state index is 0.0937. The Morgan fingerprint density at radius 1 is 1.53 bits per heavy atom. The van der Waals surface area contributed by atoms with Crippen LogP contribution >= 0.6 is 11.3 Å². The van der Waals surface area contributed by atoms with Gasteiger partial charge < -0.3 is 0 Å². The molecule has 0 bridgehead atoms. The maximum atomic E-state index is 11.6. The Morgan fingerprint density at radius 3 is 2.94 bits per heavy atom. The topological polar surface area (TPSA) is 63.1 Å². The molecule has 2 heterocycles. The predicted octanol–water partition coefficient (Wildman–Crippen LogP) is 0.542. The van der Waals surface area contributed by atoms with Crippen LogP contribution in [-0.2, 0) is 11.3 Å². The summed E-state index contributed by atoms with van der Waals surface area (Å²) in [7, 11) is 1.91. The van der Waals surface area contributed by atoms with E-state index in [1.807, 2.05) is 23.4 Å². The van der Waals surface area contributed by atoms with E-state index in [0.29, 0.717) is 6.54 Å². The van der Waals surface area contributed by atoms with Crippen molar-refractivity contribution < 1.29 is 4.79 Å². The molecule has 1 N–H and O–H groups in total. The molecule has 1 amide bonds. The van der Waals surface area contributed by atoms with E-state index in [1.54, 1.807) is 11.3 Å². The summed E-state index contributed by atoms with van der Waals surface area (Å²) in [6.07, 6.45) is 2.88. The molecule has 17 heavy (non-hydrogen) atoms. The van der Waals surface area contributed by atoms with Crippen molar-refractivity contribution in [3.63, 3.8) is 0 Å². The lowest BCUT2D eigenvalue weighted by Gasteiger charge is -2.15. The number of nitrogens with zero attached hydrogens (tertiary/aromatic N) is 4. The number of carbonyl (C=O) groups is 1. The van der Waals surface area contributed by atoms with Gasteiger partial charge in [0.05, 0.1) is 6.54 Å². The first-order valence-corrected chi connectivity index (χ1v) is 5.97. The molecule has 0 atom stereocenters. The maximum absolute atomic E-state index is 11.6. The molecular weight excluding hydrogens is 238 g/mol. The molecule has 0 saturated carbocycles. The summed E-state index contributed by atoms with van der Waals surface area (Å²) < 4.78 is 1.43. The number of nitrogens with one attached hydrogen (secondary N) is 1. The van der Waals surface area contributed by atoms with Gasteiger partial charge in [0.15, 0.2) is 0 Å². The van der Waals surface area contributed by atoms with Gasteiger partial charge in [-0.25, -0.2) is 4.68 Å². The van der Waals surface area contributed by atoms with Gasteiger partial charge >= 0.3 is 0 Å². The summed E-state index contributed by atoms with van der Waals surface area (Å²) in [5.74, 6) is -0.0937. The Balaban J connectivity index is 1.78. The van der Waals surface area contributed by atoms with Crippen LogP contribution in [0.2, 0.25) is 0 Å². The van der Waals surface area contributed by atoms with Crippen molar-refractivity contribution in [1.29, 1.82) is 0 Å². The SMILES string of the molecule is CN(CC(=O)Nn1cnnc1)Cc1cccs1. The lowest BCUT2D eigenvalue weighted by Crippen LogP contribution is -2.33. The highest BCUT2D eigenvalue weighted by Gasteiger charge is 2.07. The van der Waals surface area contributed by atoms with E-state index in [0.717, 1.165) is 6.54 Å². The van der Waals surface area contributed by atoms with Crippen LogP contribution in [0.5, 0.6) is 0 Å². The standard InChI is InChI=1S/C10H13N5OS/c1-14(5-9-3-2-4-17-9)6-10(16)13-15-7-11-12-8-15/h2-4,7-8H,5-6H2,1H3,(H,13,16). The van der Waals surface area contributed by atoms with Crippen LogP contribution in [0.3, 0.4) is 0 Å². The Labute approximate surface area is 103 Å². The average Bonchev–Trinajstić information content (AvgIpc) is 2.90. The normalized spacial score (nSPS) is 10.7. The van der Waals surface area contributed by atoms with Gasteiger partial charge in [-0.15, -0.1) is 21.5 Å². The summed E-state index contributed by atoms with van der Waals surface area (Å²) >= 11 is 1.69. The van der Waals surface area contributed by atoms with Crippen LogP contribution in [-0.4, -0.2) is 39.3 Å². The Morgan fingerprint density at radius 2 is 2.29 bits per heavy atom.